The lowest BCUT2D eigenvalue weighted by molar-refractivity contribution is 0.0857. The smallest absolute Gasteiger partial charge is 0.251 e. The fraction of sp³-hybridized carbons (Fsp3) is 0.400. The summed E-state index contributed by atoms with van der Waals surface area (Å²) in [4.78, 5) is 16.6. The highest BCUT2D eigenvalue weighted by molar-refractivity contribution is 5.94. The topological polar surface area (TPSA) is 72.5 Å². The van der Waals surface area contributed by atoms with E-state index in [0.29, 0.717) is 17.9 Å². The van der Waals surface area contributed by atoms with E-state index < -0.39 is 0 Å². The SMILES string of the molecule is COc1ccc(CCNc2cc(C(=O)NCC3CCCO3)ccn2)cc1. The lowest BCUT2D eigenvalue weighted by atomic mass is 10.1. The molecule has 3 rings (SSSR count). The van der Waals surface area contributed by atoms with Gasteiger partial charge in [0.05, 0.1) is 13.2 Å². The molecule has 1 atom stereocenters. The first-order valence-electron chi connectivity index (χ1n) is 8.97. The second kappa shape index (κ2) is 9.20. The van der Waals surface area contributed by atoms with Gasteiger partial charge in [-0.1, -0.05) is 12.1 Å². The Bertz CT molecular complexity index is 712. The molecule has 1 aliphatic rings. The maximum absolute atomic E-state index is 12.3. The predicted octanol–water partition coefficient (Wildman–Crippen LogP) is 2.65. The van der Waals surface area contributed by atoms with Crippen molar-refractivity contribution in [3.8, 4) is 5.75 Å². The van der Waals surface area contributed by atoms with Gasteiger partial charge in [0.1, 0.15) is 11.6 Å². The Morgan fingerprint density at radius 3 is 2.88 bits per heavy atom. The number of carbonyl (C=O) groups excluding carboxylic acids is 1. The van der Waals surface area contributed by atoms with Gasteiger partial charge in [0.25, 0.3) is 5.91 Å². The van der Waals surface area contributed by atoms with Crippen LogP contribution in [-0.2, 0) is 11.2 Å². The van der Waals surface area contributed by atoms with Crippen molar-refractivity contribution in [1.29, 1.82) is 0 Å². The van der Waals surface area contributed by atoms with E-state index in [0.717, 1.165) is 38.2 Å². The second-order valence-electron chi connectivity index (χ2n) is 6.30. The minimum absolute atomic E-state index is 0.0962. The molecule has 2 aromatic rings. The van der Waals surface area contributed by atoms with Gasteiger partial charge in [-0.3, -0.25) is 4.79 Å². The lowest BCUT2D eigenvalue weighted by Gasteiger charge is -2.11. The molecule has 1 aliphatic heterocycles. The minimum atomic E-state index is -0.0962. The summed E-state index contributed by atoms with van der Waals surface area (Å²) in [5.74, 6) is 1.45. The highest BCUT2D eigenvalue weighted by atomic mass is 16.5. The minimum Gasteiger partial charge on any atom is -0.497 e. The van der Waals surface area contributed by atoms with E-state index in [-0.39, 0.29) is 12.0 Å². The van der Waals surface area contributed by atoms with Gasteiger partial charge in [0.2, 0.25) is 0 Å². The molecule has 1 amide bonds. The first-order valence-corrected chi connectivity index (χ1v) is 8.97. The van der Waals surface area contributed by atoms with E-state index in [1.54, 1.807) is 25.4 Å². The zero-order valence-corrected chi connectivity index (χ0v) is 15.0. The summed E-state index contributed by atoms with van der Waals surface area (Å²) in [7, 11) is 1.66. The maximum atomic E-state index is 12.3. The van der Waals surface area contributed by atoms with Crippen molar-refractivity contribution >= 4 is 11.7 Å². The van der Waals surface area contributed by atoms with Crippen LogP contribution in [0.1, 0.15) is 28.8 Å². The van der Waals surface area contributed by atoms with E-state index in [9.17, 15) is 4.79 Å². The van der Waals surface area contributed by atoms with E-state index in [2.05, 4.69) is 15.6 Å². The number of pyridine rings is 1. The van der Waals surface area contributed by atoms with Crippen LogP contribution in [0.5, 0.6) is 5.75 Å². The van der Waals surface area contributed by atoms with Crippen LogP contribution in [0.25, 0.3) is 0 Å². The number of aromatic nitrogens is 1. The Morgan fingerprint density at radius 1 is 1.31 bits per heavy atom. The van der Waals surface area contributed by atoms with E-state index in [1.807, 2.05) is 24.3 Å². The normalized spacial score (nSPS) is 16.3. The molecule has 1 aromatic heterocycles. The lowest BCUT2D eigenvalue weighted by Crippen LogP contribution is -2.31. The van der Waals surface area contributed by atoms with Gasteiger partial charge in [0.15, 0.2) is 0 Å². The van der Waals surface area contributed by atoms with Crippen molar-refractivity contribution in [2.24, 2.45) is 0 Å². The summed E-state index contributed by atoms with van der Waals surface area (Å²) >= 11 is 0. The first kappa shape index (κ1) is 18.2. The molecule has 1 aromatic carbocycles. The van der Waals surface area contributed by atoms with Gasteiger partial charge in [-0.2, -0.15) is 0 Å². The van der Waals surface area contributed by atoms with Gasteiger partial charge in [-0.05, 0) is 49.1 Å². The molecule has 2 N–H and O–H groups in total. The number of carbonyl (C=O) groups is 1. The number of hydrogen-bond acceptors (Lipinski definition) is 5. The standard InChI is InChI=1S/C20H25N3O3/c1-25-17-6-4-15(5-7-17)8-10-21-19-13-16(9-11-22-19)20(24)23-14-18-3-2-12-26-18/h4-7,9,11,13,18H,2-3,8,10,12,14H2,1H3,(H,21,22)(H,23,24). The molecule has 0 spiro atoms. The molecule has 138 valence electrons. The number of methoxy groups -OCH3 is 1. The van der Waals surface area contributed by atoms with E-state index >= 15 is 0 Å². The van der Waals surface area contributed by atoms with Crippen molar-refractivity contribution < 1.29 is 14.3 Å². The molecule has 0 bridgehead atoms. The largest absolute Gasteiger partial charge is 0.497 e. The van der Waals surface area contributed by atoms with Crippen molar-refractivity contribution in [3.05, 3.63) is 53.7 Å². The second-order valence-corrected chi connectivity index (χ2v) is 6.30. The number of rotatable bonds is 8. The van der Waals surface area contributed by atoms with Gasteiger partial charge in [-0.15, -0.1) is 0 Å². The van der Waals surface area contributed by atoms with Crippen LogP contribution in [0.2, 0.25) is 0 Å². The number of anilines is 1. The molecule has 0 saturated carbocycles. The summed E-state index contributed by atoms with van der Waals surface area (Å²) in [5.41, 5.74) is 1.81. The number of benzene rings is 1. The molecule has 1 unspecified atom stereocenters. The van der Waals surface area contributed by atoms with Crippen LogP contribution in [0.15, 0.2) is 42.6 Å². The summed E-state index contributed by atoms with van der Waals surface area (Å²) in [6.07, 6.45) is 4.73. The zero-order chi connectivity index (χ0) is 18.2. The first-order chi connectivity index (χ1) is 12.7. The Labute approximate surface area is 153 Å². The molecule has 1 fully saturated rings. The van der Waals surface area contributed by atoms with Gasteiger partial charge >= 0.3 is 0 Å². The van der Waals surface area contributed by atoms with Gasteiger partial charge in [0, 0.05) is 31.5 Å². The van der Waals surface area contributed by atoms with Crippen LogP contribution in [0.3, 0.4) is 0 Å². The summed E-state index contributed by atoms with van der Waals surface area (Å²) in [6, 6.07) is 11.5. The van der Waals surface area contributed by atoms with Crippen molar-refractivity contribution in [1.82, 2.24) is 10.3 Å². The summed E-state index contributed by atoms with van der Waals surface area (Å²) < 4.78 is 10.7. The van der Waals surface area contributed by atoms with Crippen LogP contribution in [0.4, 0.5) is 5.82 Å². The third kappa shape index (κ3) is 5.20. The summed E-state index contributed by atoms with van der Waals surface area (Å²) in [6.45, 7) is 2.08. The summed E-state index contributed by atoms with van der Waals surface area (Å²) in [5, 5.41) is 6.20. The van der Waals surface area contributed by atoms with Crippen LogP contribution in [-0.4, -0.2) is 43.8 Å². The number of hydrogen-bond donors (Lipinski definition) is 2. The quantitative estimate of drug-likeness (QED) is 0.762. The highest BCUT2D eigenvalue weighted by Gasteiger charge is 2.16. The molecule has 1 saturated heterocycles. The molecule has 0 radical (unpaired) electrons. The Morgan fingerprint density at radius 2 is 2.15 bits per heavy atom. The average Bonchev–Trinajstić information content (AvgIpc) is 3.20. The maximum Gasteiger partial charge on any atom is 0.251 e. The number of nitrogens with zero attached hydrogens (tertiary/aromatic N) is 1. The molecule has 2 heterocycles. The third-order valence-electron chi connectivity index (χ3n) is 4.42. The van der Waals surface area contributed by atoms with Crippen LogP contribution >= 0.6 is 0 Å². The number of amides is 1. The molecule has 6 nitrogen and oxygen atoms in total. The van der Waals surface area contributed by atoms with Gasteiger partial charge in [-0.25, -0.2) is 4.98 Å². The molecule has 6 heteroatoms. The fourth-order valence-corrected chi connectivity index (χ4v) is 2.91. The molecular formula is C20H25N3O3. The Balaban J connectivity index is 1.47. The van der Waals surface area contributed by atoms with Gasteiger partial charge < -0.3 is 20.1 Å². The average molecular weight is 355 g/mol. The molecular weight excluding hydrogens is 330 g/mol. The molecule has 0 aliphatic carbocycles. The third-order valence-corrected chi connectivity index (χ3v) is 4.42. The fourth-order valence-electron chi connectivity index (χ4n) is 2.91. The van der Waals surface area contributed by atoms with Crippen molar-refractivity contribution in [2.45, 2.75) is 25.4 Å². The predicted molar refractivity (Wildman–Crippen MR) is 101 cm³/mol. The Hall–Kier alpha value is -2.60. The van der Waals surface area contributed by atoms with Crippen LogP contribution < -0.4 is 15.4 Å². The number of nitrogens with one attached hydrogen (secondary N) is 2. The van der Waals surface area contributed by atoms with Crippen molar-refractivity contribution in [2.75, 3.05) is 32.1 Å². The monoisotopic (exact) mass is 355 g/mol. The van der Waals surface area contributed by atoms with Crippen LogP contribution in [0, 0.1) is 0 Å². The van der Waals surface area contributed by atoms with E-state index in [4.69, 9.17) is 9.47 Å². The molecule has 26 heavy (non-hydrogen) atoms. The zero-order valence-electron chi connectivity index (χ0n) is 15.0. The Kier molecular flexibility index (Phi) is 6.44. The highest BCUT2D eigenvalue weighted by Crippen LogP contribution is 2.13. The van der Waals surface area contributed by atoms with Crippen molar-refractivity contribution in [3.63, 3.8) is 0 Å². The number of ether oxygens (including phenoxy) is 2. The van der Waals surface area contributed by atoms with E-state index in [1.165, 1.54) is 5.56 Å².